The van der Waals surface area contributed by atoms with Gasteiger partial charge in [-0.15, -0.1) is 0 Å². The van der Waals surface area contributed by atoms with Gasteiger partial charge in [0.2, 0.25) is 5.91 Å². The number of carbonyl (C=O) groups is 1. The van der Waals surface area contributed by atoms with E-state index in [1.807, 2.05) is 47.2 Å². The first-order valence-corrected chi connectivity index (χ1v) is 8.16. The van der Waals surface area contributed by atoms with Gasteiger partial charge in [-0.25, -0.2) is 4.98 Å². The summed E-state index contributed by atoms with van der Waals surface area (Å²) in [6, 6.07) is 13.8. The fraction of sp³-hybridized carbons (Fsp3) is 0.105. The number of hydrogen-bond acceptors (Lipinski definition) is 3. The lowest BCUT2D eigenvalue weighted by Crippen LogP contribution is -2.25. The highest BCUT2D eigenvalue weighted by Gasteiger charge is 2.31. The molecule has 122 valence electrons. The summed E-state index contributed by atoms with van der Waals surface area (Å²) in [5.41, 5.74) is 3.92. The minimum absolute atomic E-state index is 0.0186. The van der Waals surface area contributed by atoms with Gasteiger partial charge in [-0.2, -0.15) is 5.10 Å². The lowest BCUT2D eigenvalue weighted by atomic mass is 9.86. The van der Waals surface area contributed by atoms with Gasteiger partial charge in [-0.05, 0) is 36.4 Å². The van der Waals surface area contributed by atoms with Crippen LogP contribution in [0.2, 0.25) is 0 Å². The minimum atomic E-state index is -0.0649. The van der Waals surface area contributed by atoms with Gasteiger partial charge in [0.1, 0.15) is 5.82 Å². The zero-order valence-electron chi connectivity index (χ0n) is 13.3. The number of amides is 1. The van der Waals surface area contributed by atoms with E-state index >= 15 is 0 Å². The monoisotopic (exact) mass is 329 g/mol. The second kappa shape index (κ2) is 5.31. The molecule has 0 saturated carbocycles. The Hall–Kier alpha value is -3.41. The quantitative estimate of drug-likeness (QED) is 0.593. The number of nitrogens with zero attached hydrogens (tertiary/aromatic N) is 3. The number of nitrogens with one attached hydrogen (secondary N) is 2. The molecule has 0 spiro atoms. The maximum atomic E-state index is 12.3. The molecule has 0 saturated heterocycles. The van der Waals surface area contributed by atoms with Gasteiger partial charge in [0.15, 0.2) is 0 Å². The Bertz CT molecular complexity index is 1080. The van der Waals surface area contributed by atoms with Crippen LogP contribution in [0.3, 0.4) is 0 Å². The molecule has 2 N–H and O–H groups in total. The number of hydrogen-bond donors (Lipinski definition) is 2. The summed E-state index contributed by atoms with van der Waals surface area (Å²) in [5.74, 6) is 0.793. The van der Waals surface area contributed by atoms with Gasteiger partial charge in [-0.1, -0.05) is 6.07 Å². The van der Waals surface area contributed by atoms with Gasteiger partial charge in [0, 0.05) is 47.1 Å². The highest BCUT2D eigenvalue weighted by molar-refractivity contribution is 6.00. The van der Waals surface area contributed by atoms with E-state index in [0.29, 0.717) is 6.42 Å². The second-order valence-corrected chi connectivity index (χ2v) is 6.16. The molecule has 4 aromatic rings. The van der Waals surface area contributed by atoms with E-state index in [-0.39, 0.29) is 11.8 Å². The number of fused-ring (bicyclic) bond motifs is 3. The summed E-state index contributed by atoms with van der Waals surface area (Å²) in [6.07, 6.45) is 5.95. The molecule has 1 aliphatic heterocycles. The Morgan fingerprint density at radius 2 is 2.08 bits per heavy atom. The Morgan fingerprint density at radius 3 is 2.96 bits per heavy atom. The predicted molar refractivity (Wildman–Crippen MR) is 94.7 cm³/mol. The number of benzene rings is 1. The van der Waals surface area contributed by atoms with Gasteiger partial charge in [-0.3, -0.25) is 9.89 Å². The smallest absolute Gasteiger partial charge is 0.225 e. The fourth-order valence-electron chi connectivity index (χ4n) is 3.63. The molecular weight excluding hydrogens is 314 g/mol. The Kier molecular flexibility index (Phi) is 2.97. The van der Waals surface area contributed by atoms with Gasteiger partial charge in [0.25, 0.3) is 0 Å². The van der Waals surface area contributed by atoms with E-state index < -0.39 is 0 Å². The first kappa shape index (κ1) is 14.0. The third-order valence-corrected chi connectivity index (χ3v) is 4.70. The van der Waals surface area contributed by atoms with Crippen LogP contribution in [-0.2, 0) is 4.79 Å². The zero-order chi connectivity index (χ0) is 16.8. The predicted octanol–water partition coefficient (Wildman–Crippen LogP) is 3.22. The Balaban J connectivity index is 1.74. The Morgan fingerprint density at radius 1 is 1.12 bits per heavy atom. The van der Waals surface area contributed by atoms with E-state index in [1.165, 1.54) is 0 Å². The van der Waals surface area contributed by atoms with Crippen molar-refractivity contribution < 1.29 is 4.79 Å². The summed E-state index contributed by atoms with van der Waals surface area (Å²) in [4.78, 5) is 16.7. The molecule has 0 bridgehead atoms. The average Bonchev–Trinajstić information content (AvgIpc) is 3.30. The molecule has 1 amide bonds. The van der Waals surface area contributed by atoms with Crippen molar-refractivity contribution in [3.05, 3.63) is 72.3 Å². The summed E-state index contributed by atoms with van der Waals surface area (Å²) in [6.45, 7) is 0. The molecule has 0 radical (unpaired) electrons. The van der Waals surface area contributed by atoms with Crippen LogP contribution in [-0.4, -0.2) is 25.7 Å². The van der Waals surface area contributed by atoms with Crippen molar-refractivity contribution in [3.63, 3.8) is 0 Å². The summed E-state index contributed by atoms with van der Waals surface area (Å²) in [5, 5.41) is 11.3. The van der Waals surface area contributed by atoms with Crippen molar-refractivity contribution in [1.82, 2.24) is 19.7 Å². The SMILES string of the molecule is O=C1CC(c2cccn2-c2ccccn2)c2c(ccc3cn[nH]c23)N1. The van der Waals surface area contributed by atoms with Gasteiger partial charge >= 0.3 is 0 Å². The molecule has 3 aromatic heterocycles. The summed E-state index contributed by atoms with van der Waals surface area (Å²) in [7, 11) is 0. The van der Waals surface area contributed by atoms with Crippen LogP contribution in [0.1, 0.15) is 23.6 Å². The summed E-state index contributed by atoms with van der Waals surface area (Å²) < 4.78 is 2.04. The number of aromatic nitrogens is 4. The van der Waals surface area contributed by atoms with Crippen LogP contribution in [0.5, 0.6) is 0 Å². The zero-order valence-corrected chi connectivity index (χ0v) is 13.3. The molecule has 25 heavy (non-hydrogen) atoms. The van der Waals surface area contributed by atoms with Crippen molar-refractivity contribution in [2.24, 2.45) is 0 Å². The molecule has 1 aliphatic rings. The van der Waals surface area contributed by atoms with E-state index in [0.717, 1.165) is 33.7 Å². The number of rotatable bonds is 2. The molecule has 1 atom stereocenters. The number of aromatic amines is 1. The highest BCUT2D eigenvalue weighted by atomic mass is 16.1. The lowest BCUT2D eigenvalue weighted by Gasteiger charge is -2.27. The molecule has 5 rings (SSSR count). The van der Waals surface area contributed by atoms with Crippen LogP contribution in [0.25, 0.3) is 16.7 Å². The molecule has 0 fully saturated rings. The summed E-state index contributed by atoms with van der Waals surface area (Å²) >= 11 is 0. The number of anilines is 1. The normalized spacial score (nSPS) is 16.6. The topological polar surface area (TPSA) is 75.6 Å². The third-order valence-electron chi connectivity index (χ3n) is 4.70. The van der Waals surface area contributed by atoms with Crippen LogP contribution >= 0.6 is 0 Å². The molecule has 1 unspecified atom stereocenters. The van der Waals surface area contributed by atoms with Crippen molar-refractivity contribution in [2.75, 3.05) is 5.32 Å². The van der Waals surface area contributed by atoms with E-state index in [2.05, 4.69) is 26.6 Å². The lowest BCUT2D eigenvalue weighted by molar-refractivity contribution is -0.116. The Labute approximate surface area is 143 Å². The van der Waals surface area contributed by atoms with Crippen LogP contribution in [0.4, 0.5) is 5.69 Å². The fourth-order valence-corrected chi connectivity index (χ4v) is 3.63. The van der Waals surface area contributed by atoms with Crippen LogP contribution in [0.15, 0.2) is 61.1 Å². The highest BCUT2D eigenvalue weighted by Crippen LogP contribution is 2.41. The van der Waals surface area contributed by atoms with Crippen molar-refractivity contribution in [1.29, 1.82) is 0 Å². The number of H-pyrrole nitrogens is 1. The van der Waals surface area contributed by atoms with Crippen molar-refractivity contribution >= 4 is 22.5 Å². The molecular formula is C19H15N5O. The maximum Gasteiger partial charge on any atom is 0.225 e. The molecule has 6 heteroatoms. The van der Waals surface area contributed by atoms with Crippen molar-refractivity contribution in [3.8, 4) is 5.82 Å². The van der Waals surface area contributed by atoms with E-state index in [4.69, 9.17) is 0 Å². The molecule has 0 aliphatic carbocycles. The van der Waals surface area contributed by atoms with Crippen LogP contribution < -0.4 is 5.32 Å². The van der Waals surface area contributed by atoms with E-state index in [1.54, 1.807) is 12.4 Å². The van der Waals surface area contributed by atoms with Gasteiger partial charge < -0.3 is 9.88 Å². The number of pyridine rings is 1. The molecule has 1 aromatic carbocycles. The third kappa shape index (κ3) is 2.15. The molecule has 4 heterocycles. The van der Waals surface area contributed by atoms with E-state index in [9.17, 15) is 4.79 Å². The standard InChI is InChI=1S/C19H15N5O/c25-17-10-13(15-4-3-9-24(15)16-5-1-2-8-20-16)18-14(22-17)7-6-12-11-21-23-19(12)18/h1-9,11,13H,10H2,(H,21,23)(H,22,25). The molecule has 6 nitrogen and oxygen atoms in total. The van der Waals surface area contributed by atoms with Crippen molar-refractivity contribution in [2.45, 2.75) is 12.3 Å². The van der Waals surface area contributed by atoms with Gasteiger partial charge in [0.05, 0.1) is 11.7 Å². The first-order valence-electron chi connectivity index (χ1n) is 8.16. The number of carbonyl (C=O) groups excluding carboxylic acids is 1. The van der Waals surface area contributed by atoms with Crippen LogP contribution in [0, 0.1) is 0 Å². The maximum absolute atomic E-state index is 12.3. The average molecular weight is 329 g/mol. The largest absolute Gasteiger partial charge is 0.326 e. The minimum Gasteiger partial charge on any atom is -0.326 e. The first-order chi connectivity index (χ1) is 12.3. The second-order valence-electron chi connectivity index (χ2n) is 6.16.